The molecule has 0 atom stereocenters. The minimum absolute atomic E-state index is 0.137. The van der Waals surface area contributed by atoms with Crippen molar-refractivity contribution in [2.45, 2.75) is 13.8 Å². The highest BCUT2D eigenvalue weighted by Crippen LogP contribution is 2.15. The predicted molar refractivity (Wildman–Crippen MR) is 93.0 cm³/mol. The van der Waals surface area contributed by atoms with Crippen molar-refractivity contribution in [2.24, 2.45) is 0 Å². The number of aromatic amines is 1. The summed E-state index contributed by atoms with van der Waals surface area (Å²) in [7, 11) is 0. The number of benzene rings is 1. The molecule has 0 saturated carbocycles. The molecule has 0 aliphatic heterocycles. The van der Waals surface area contributed by atoms with Crippen molar-refractivity contribution in [3.8, 4) is 0 Å². The van der Waals surface area contributed by atoms with Gasteiger partial charge in [0.15, 0.2) is 0 Å². The van der Waals surface area contributed by atoms with Crippen LogP contribution in [0.1, 0.15) is 22.8 Å². The fraction of sp³-hybridized carbons (Fsp3) is 0.294. The molecule has 22 heavy (non-hydrogen) atoms. The highest BCUT2D eigenvalue weighted by Gasteiger charge is 2.08. The van der Waals surface area contributed by atoms with E-state index in [1.54, 1.807) is 18.3 Å². The van der Waals surface area contributed by atoms with Crippen LogP contribution < -0.4 is 10.2 Å². The summed E-state index contributed by atoms with van der Waals surface area (Å²) >= 11 is 5.12. The number of carbonyl (C=O) groups is 1. The van der Waals surface area contributed by atoms with Gasteiger partial charge in [0.2, 0.25) is 0 Å². The number of H-pyrrole nitrogens is 1. The molecular weight excluding hydrogens is 294 g/mol. The van der Waals surface area contributed by atoms with Crippen LogP contribution in [0.15, 0.2) is 42.6 Å². The molecule has 2 aromatic rings. The first-order valence-corrected chi connectivity index (χ1v) is 7.80. The Hall–Kier alpha value is -2.14. The molecule has 5 heteroatoms. The van der Waals surface area contributed by atoms with Gasteiger partial charge in [0.05, 0.1) is 5.56 Å². The molecule has 116 valence electrons. The van der Waals surface area contributed by atoms with Crippen LogP contribution in [-0.2, 0) is 0 Å². The molecule has 0 aliphatic carbocycles. The largest absolute Gasteiger partial charge is 0.370 e. The maximum absolute atomic E-state index is 12.1. The Kier molecular flexibility index (Phi) is 5.72. The number of pyridine rings is 1. The molecular formula is C17H21N3OS. The quantitative estimate of drug-likeness (QED) is 0.804. The third-order valence-corrected chi connectivity index (χ3v) is 3.82. The number of nitrogens with one attached hydrogen (secondary N) is 2. The van der Waals surface area contributed by atoms with Gasteiger partial charge in [0, 0.05) is 31.5 Å². The number of hydrogen-bond acceptors (Lipinski definition) is 3. The van der Waals surface area contributed by atoms with E-state index in [0.717, 1.165) is 13.1 Å². The zero-order chi connectivity index (χ0) is 15.9. The Morgan fingerprint density at radius 1 is 1.32 bits per heavy atom. The van der Waals surface area contributed by atoms with Crippen LogP contribution in [-0.4, -0.2) is 30.5 Å². The van der Waals surface area contributed by atoms with Crippen molar-refractivity contribution in [3.63, 3.8) is 0 Å². The highest BCUT2D eigenvalue weighted by molar-refractivity contribution is 7.71. The first kappa shape index (κ1) is 16.2. The fourth-order valence-corrected chi connectivity index (χ4v) is 2.52. The van der Waals surface area contributed by atoms with Crippen LogP contribution in [0.2, 0.25) is 0 Å². The fourth-order valence-electron chi connectivity index (χ4n) is 2.29. The number of nitrogens with zero attached hydrogens (tertiary/aromatic N) is 1. The SMILES string of the molecule is CCN(CCNC(=O)c1ccc[nH]c1=S)c1cccc(C)c1. The van der Waals surface area contributed by atoms with Crippen LogP contribution in [0.5, 0.6) is 0 Å². The van der Waals surface area contributed by atoms with E-state index in [1.165, 1.54) is 11.3 Å². The van der Waals surface area contributed by atoms with Crippen molar-refractivity contribution in [1.82, 2.24) is 10.3 Å². The lowest BCUT2D eigenvalue weighted by atomic mass is 10.2. The van der Waals surface area contributed by atoms with E-state index in [2.05, 4.69) is 53.3 Å². The van der Waals surface area contributed by atoms with Gasteiger partial charge in [0.25, 0.3) is 5.91 Å². The third-order valence-electron chi connectivity index (χ3n) is 3.48. The molecule has 0 fully saturated rings. The van der Waals surface area contributed by atoms with Crippen molar-refractivity contribution in [1.29, 1.82) is 0 Å². The second kappa shape index (κ2) is 7.75. The Labute approximate surface area is 136 Å². The van der Waals surface area contributed by atoms with Gasteiger partial charge >= 0.3 is 0 Å². The summed E-state index contributed by atoms with van der Waals surface area (Å²) in [6.07, 6.45) is 1.72. The summed E-state index contributed by atoms with van der Waals surface area (Å²) in [5.41, 5.74) is 2.92. The zero-order valence-corrected chi connectivity index (χ0v) is 13.7. The van der Waals surface area contributed by atoms with E-state index in [0.29, 0.717) is 16.7 Å². The van der Waals surface area contributed by atoms with E-state index >= 15 is 0 Å². The molecule has 0 aliphatic rings. The van der Waals surface area contributed by atoms with E-state index in [-0.39, 0.29) is 5.91 Å². The lowest BCUT2D eigenvalue weighted by Crippen LogP contribution is -2.35. The number of amides is 1. The van der Waals surface area contributed by atoms with Gasteiger partial charge in [0.1, 0.15) is 4.64 Å². The second-order valence-corrected chi connectivity index (χ2v) is 5.50. The van der Waals surface area contributed by atoms with Crippen LogP contribution in [0.4, 0.5) is 5.69 Å². The average Bonchev–Trinajstić information content (AvgIpc) is 2.52. The third kappa shape index (κ3) is 4.18. The summed E-state index contributed by atoms with van der Waals surface area (Å²) < 4.78 is 0.464. The zero-order valence-electron chi connectivity index (χ0n) is 12.9. The normalized spacial score (nSPS) is 10.3. The molecule has 4 nitrogen and oxygen atoms in total. The molecule has 1 aromatic carbocycles. The maximum Gasteiger partial charge on any atom is 0.254 e. The summed E-state index contributed by atoms with van der Waals surface area (Å²) in [5, 5.41) is 2.92. The Morgan fingerprint density at radius 3 is 2.82 bits per heavy atom. The predicted octanol–water partition coefficient (Wildman–Crippen LogP) is 3.31. The van der Waals surface area contributed by atoms with Crippen molar-refractivity contribution < 1.29 is 4.79 Å². The molecule has 0 saturated heterocycles. The minimum atomic E-state index is -0.137. The topological polar surface area (TPSA) is 48.1 Å². The van der Waals surface area contributed by atoms with Gasteiger partial charge in [-0.3, -0.25) is 4.79 Å². The van der Waals surface area contributed by atoms with Crippen molar-refractivity contribution in [2.75, 3.05) is 24.5 Å². The van der Waals surface area contributed by atoms with Crippen molar-refractivity contribution >= 4 is 23.8 Å². The van der Waals surface area contributed by atoms with Crippen LogP contribution >= 0.6 is 12.2 Å². The van der Waals surface area contributed by atoms with E-state index < -0.39 is 0 Å². The number of aromatic nitrogens is 1. The Morgan fingerprint density at radius 2 is 2.14 bits per heavy atom. The monoisotopic (exact) mass is 315 g/mol. The number of likely N-dealkylation sites (N-methyl/N-ethyl adjacent to an activating group) is 1. The summed E-state index contributed by atoms with van der Waals surface area (Å²) in [6.45, 7) is 6.41. The van der Waals surface area contributed by atoms with Gasteiger partial charge in [-0.2, -0.15) is 0 Å². The lowest BCUT2D eigenvalue weighted by Gasteiger charge is -2.23. The second-order valence-electron chi connectivity index (χ2n) is 5.09. The minimum Gasteiger partial charge on any atom is -0.370 e. The van der Waals surface area contributed by atoms with Gasteiger partial charge in [-0.25, -0.2) is 0 Å². The molecule has 2 rings (SSSR count). The van der Waals surface area contributed by atoms with Crippen LogP contribution in [0, 0.1) is 11.6 Å². The molecule has 0 spiro atoms. The maximum atomic E-state index is 12.1. The first-order valence-electron chi connectivity index (χ1n) is 7.39. The summed E-state index contributed by atoms with van der Waals surface area (Å²) in [6, 6.07) is 11.9. The molecule has 1 aromatic heterocycles. The van der Waals surface area contributed by atoms with E-state index in [4.69, 9.17) is 12.2 Å². The molecule has 1 heterocycles. The lowest BCUT2D eigenvalue weighted by molar-refractivity contribution is 0.0954. The van der Waals surface area contributed by atoms with Gasteiger partial charge in [-0.05, 0) is 43.7 Å². The van der Waals surface area contributed by atoms with Crippen LogP contribution in [0.25, 0.3) is 0 Å². The van der Waals surface area contributed by atoms with E-state index in [1.807, 2.05) is 0 Å². The number of rotatable bonds is 6. The number of hydrogen-bond donors (Lipinski definition) is 2. The average molecular weight is 315 g/mol. The molecule has 0 bridgehead atoms. The molecule has 0 radical (unpaired) electrons. The highest BCUT2D eigenvalue weighted by atomic mass is 32.1. The number of anilines is 1. The van der Waals surface area contributed by atoms with Crippen LogP contribution in [0.3, 0.4) is 0 Å². The van der Waals surface area contributed by atoms with Crippen molar-refractivity contribution in [3.05, 3.63) is 58.4 Å². The number of carbonyl (C=O) groups excluding carboxylic acids is 1. The van der Waals surface area contributed by atoms with Gasteiger partial charge in [-0.15, -0.1) is 0 Å². The Bertz CT molecular complexity index is 696. The standard InChI is InChI=1S/C17H21N3OS/c1-3-20(14-7-4-6-13(2)12-14)11-10-18-16(21)15-8-5-9-19-17(15)22/h4-9,12H,3,10-11H2,1-2H3,(H,18,21)(H,19,22). The molecule has 1 amide bonds. The first-order chi connectivity index (χ1) is 10.6. The number of aryl methyl sites for hydroxylation is 1. The molecule has 0 unspecified atom stereocenters. The molecule has 2 N–H and O–H groups in total. The Balaban J connectivity index is 1.93. The summed E-state index contributed by atoms with van der Waals surface area (Å²) in [5.74, 6) is -0.137. The summed E-state index contributed by atoms with van der Waals surface area (Å²) in [4.78, 5) is 17.2. The van der Waals surface area contributed by atoms with Gasteiger partial charge in [-0.1, -0.05) is 24.4 Å². The van der Waals surface area contributed by atoms with E-state index in [9.17, 15) is 4.79 Å². The smallest absolute Gasteiger partial charge is 0.254 e. The van der Waals surface area contributed by atoms with Gasteiger partial charge < -0.3 is 15.2 Å².